The average molecular weight is 199 g/mol. The number of hydrogen-bond donors (Lipinski definition) is 2. The van der Waals surface area contributed by atoms with Gasteiger partial charge in [-0.2, -0.15) is 0 Å². The summed E-state index contributed by atoms with van der Waals surface area (Å²) < 4.78 is 0. The first-order valence-electron chi connectivity index (χ1n) is 4.45. The molecule has 0 aliphatic carbocycles. The van der Waals surface area contributed by atoms with E-state index in [1.165, 1.54) is 0 Å². The first-order valence-corrected chi connectivity index (χ1v) is 4.45. The van der Waals surface area contributed by atoms with Gasteiger partial charge < -0.3 is 11.1 Å². The molecule has 6 nitrogen and oxygen atoms in total. The lowest BCUT2D eigenvalue weighted by molar-refractivity contribution is -0.143. The van der Waals surface area contributed by atoms with Gasteiger partial charge in [-0.3, -0.25) is 19.3 Å². The van der Waals surface area contributed by atoms with E-state index in [4.69, 9.17) is 5.73 Å². The van der Waals surface area contributed by atoms with Gasteiger partial charge in [-0.25, -0.2) is 0 Å². The average Bonchev–Trinajstić information content (AvgIpc) is 2.25. The van der Waals surface area contributed by atoms with E-state index in [0.717, 1.165) is 4.90 Å². The summed E-state index contributed by atoms with van der Waals surface area (Å²) in [5.41, 5.74) is 5.27. The van der Waals surface area contributed by atoms with Crippen LogP contribution in [0.1, 0.15) is 12.8 Å². The normalized spacial score (nSPS) is 18.1. The second-order valence-corrected chi connectivity index (χ2v) is 3.03. The molecule has 0 spiro atoms. The van der Waals surface area contributed by atoms with Crippen LogP contribution in [-0.2, 0) is 14.4 Å². The largest absolute Gasteiger partial charge is 0.347 e. The van der Waals surface area contributed by atoms with Crippen molar-refractivity contribution in [1.82, 2.24) is 10.2 Å². The van der Waals surface area contributed by atoms with Crippen molar-refractivity contribution < 1.29 is 14.4 Å². The Hall–Kier alpha value is -1.43. The minimum atomic E-state index is -0.446. The zero-order valence-electron chi connectivity index (χ0n) is 7.78. The highest BCUT2D eigenvalue weighted by molar-refractivity contribution is 6.07. The SMILES string of the molecule is NCCCN1C(=O)CNC(=O)CC1=O. The van der Waals surface area contributed by atoms with Crippen molar-refractivity contribution >= 4 is 17.7 Å². The summed E-state index contributed by atoms with van der Waals surface area (Å²) in [6.07, 6.45) is 0.308. The monoisotopic (exact) mass is 199 g/mol. The molecule has 78 valence electrons. The number of nitrogens with one attached hydrogen (secondary N) is 1. The number of nitrogens with two attached hydrogens (primary N) is 1. The fourth-order valence-corrected chi connectivity index (χ4v) is 1.20. The standard InChI is InChI=1S/C8H13N3O3/c9-2-1-3-11-7(13)4-6(12)10-5-8(11)14/h1-5,9H2,(H,10,12). The highest BCUT2D eigenvalue weighted by Crippen LogP contribution is 2.01. The number of imide groups is 1. The third-order valence-electron chi connectivity index (χ3n) is 1.94. The van der Waals surface area contributed by atoms with Gasteiger partial charge in [0.25, 0.3) is 0 Å². The van der Waals surface area contributed by atoms with Crippen LogP contribution in [0.5, 0.6) is 0 Å². The molecule has 1 fully saturated rings. The molecule has 0 aromatic heterocycles. The van der Waals surface area contributed by atoms with E-state index in [2.05, 4.69) is 5.32 Å². The zero-order valence-corrected chi connectivity index (χ0v) is 7.78. The van der Waals surface area contributed by atoms with Crippen molar-refractivity contribution in [2.75, 3.05) is 19.6 Å². The van der Waals surface area contributed by atoms with Crippen molar-refractivity contribution in [3.05, 3.63) is 0 Å². The minimum Gasteiger partial charge on any atom is -0.347 e. The predicted octanol–water partition coefficient (Wildman–Crippen LogP) is -1.79. The maximum absolute atomic E-state index is 11.3. The number of rotatable bonds is 3. The summed E-state index contributed by atoms with van der Waals surface area (Å²) in [5, 5.41) is 2.35. The van der Waals surface area contributed by atoms with E-state index in [9.17, 15) is 14.4 Å². The molecule has 14 heavy (non-hydrogen) atoms. The maximum atomic E-state index is 11.3. The molecule has 0 bridgehead atoms. The van der Waals surface area contributed by atoms with Gasteiger partial charge in [0.1, 0.15) is 6.42 Å². The molecule has 3 N–H and O–H groups in total. The molecule has 0 atom stereocenters. The van der Waals surface area contributed by atoms with Crippen LogP contribution in [0.15, 0.2) is 0 Å². The number of amides is 3. The topological polar surface area (TPSA) is 92.5 Å². The molecule has 1 heterocycles. The van der Waals surface area contributed by atoms with E-state index in [-0.39, 0.29) is 18.9 Å². The van der Waals surface area contributed by atoms with Crippen LogP contribution < -0.4 is 11.1 Å². The molecule has 1 aliphatic heterocycles. The van der Waals surface area contributed by atoms with Crippen LogP contribution in [0.2, 0.25) is 0 Å². The van der Waals surface area contributed by atoms with E-state index in [1.807, 2.05) is 0 Å². The molecule has 6 heteroatoms. The van der Waals surface area contributed by atoms with E-state index in [0.29, 0.717) is 19.5 Å². The van der Waals surface area contributed by atoms with E-state index < -0.39 is 11.8 Å². The van der Waals surface area contributed by atoms with Gasteiger partial charge in [0, 0.05) is 6.54 Å². The summed E-state index contributed by atoms with van der Waals surface area (Å²) >= 11 is 0. The smallest absolute Gasteiger partial charge is 0.248 e. The number of carbonyl (C=O) groups is 3. The van der Waals surface area contributed by atoms with Crippen LogP contribution in [0, 0.1) is 0 Å². The molecular weight excluding hydrogens is 186 g/mol. The highest BCUT2D eigenvalue weighted by atomic mass is 16.2. The number of hydrogen-bond acceptors (Lipinski definition) is 4. The van der Waals surface area contributed by atoms with Gasteiger partial charge in [0.05, 0.1) is 6.54 Å². The molecule has 1 aliphatic rings. The summed E-state index contributed by atoms with van der Waals surface area (Å²) in [5.74, 6) is -1.22. The summed E-state index contributed by atoms with van der Waals surface area (Å²) in [6.45, 7) is 0.608. The lowest BCUT2D eigenvalue weighted by Crippen LogP contribution is -2.39. The van der Waals surface area contributed by atoms with Crippen LogP contribution in [-0.4, -0.2) is 42.3 Å². The van der Waals surface area contributed by atoms with Gasteiger partial charge >= 0.3 is 0 Å². The number of carbonyl (C=O) groups excluding carboxylic acids is 3. The molecule has 1 rings (SSSR count). The molecule has 0 aromatic rings. The quantitative estimate of drug-likeness (QED) is 0.415. The minimum absolute atomic E-state index is 0.102. The Morgan fingerprint density at radius 2 is 2.00 bits per heavy atom. The fraction of sp³-hybridized carbons (Fsp3) is 0.625. The maximum Gasteiger partial charge on any atom is 0.248 e. The summed E-state index contributed by atoms with van der Waals surface area (Å²) in [4.78, 5) is 34.7. The van der Waals surface area contributed by atoms with Gasteiger partial charge in [-0.15, -0.1) is 0 Å². The Balaban J connectivity index is 2.64. The molecule has 0 unspecified atom stereocenters. The molecule has 0 aromatic carbocycles. The Morgan fingerprint density at radius 3 is 2.64 bits per heavy atom. The number of nitrogens with zero attached hydrogens (tertiary/aromatic N) is 1. The first-order chi connectivity index (χ1) is 6.65. The second kappa shape index (κ2) is 4.71. The van der Waals surface area contributed by atoms with Crippen molar-refractivity contribution in [3.8, 4) is 0 Å². The summed E-state index contributed by atoms with van der Waals surface area (Å²) in [6, 6.07) is 0. The van der Waals surface area contributed by atoms with Gasteiger partial charge in [-0.05, 0) is 13.0 Å². The van der Waals surface area contributed by atoms with Crippen LogP contribution in [0.4, 0.5) is 0 Å². The predicted molar refractivity (Wildman–Crippen MR) is 48.0 cm³/mol. The Morgan fingerprint density at radius 1 is 1.29 bits per heavy atom. The molecule has 0 radical (unpaired) electrons. The fourth-order valence-electron chi connectivity index (χ4n) is 1.20. The first kappa shape index (κ1) is 10.6. The zero-order chi connectivity index (χ0) is 10.6. The second-order valence-electron chi connectivity index (χ2n) is 3.03. The summed E-state index contributed by atoms with van der Waals surface area (Å²) in [7, 11) is 0. The molecule has 3 amide bonds. The van der Waals surface area contributed by atoms with E-state index >= 15 is 0 Å². The van der Waals surface area contributed by atoms with Crippen molar-refractivity contribution in [2.24, 2.45) is 5.73 Å². The Bertz CT molecular complexity index is 265. The van der Waals surface area contributed by atoms with Crippen LogP contribution >= 0.6 is 0 Å². The highest BCUT2D eigenvalue weighted by Gasteiger charge is 2.26. The van der Waals surface area contributed by atoms with Gasteiger partial charge in [-0.1, -0.05) is 0 Å². The lowest BCUT2D eigenvalue weighted by atomic mass is 10.3. The molecule has 0 saturated carbocycles. The van der Waals surface area contributed by atoms with Gasteiger partial charge in [0.2, 0.25) is 17.7 Å². The molecule has 1 saturated heterocycles. The Labute approximate surface area is 81.4 Å². The van der Waals surface area contributed by atoms with E-state index in [1.54, 1.807) is 0 Å². The third kappa shape index (κ3) is 2.53. The van der Waals surface area contributed by atoms with Crippen molar-refractivity contribution in [1.29, 1.82) is 0 Å². The van der Waals surface area contributed by atoms with Gasteiger partial charge in [0.15, 0.2) is 0 Å². The third-order valence-corrected chi connectivity index (χ3v) is 1.94. The van der Waals surface area contributed by atoms with Crippen molar-refractivity contribution in [3.63, 3.8) is 0 Å². The van der Waals surface area contributed by atoms with Crippen LogP contribution in [0.25, 0.3) is 0 Å². The molecular formula is C8H13N3O3. The van der Waals surface area contributed by atoms with Crippen LogP contribution in [0.3, 0.4) is 0 Å². The lowest BCUT2D eigenvalue weighted by Gasteiger charge is -2.16. The van der Waals surface area contributed by atoms with Crippen molar-refractivity contribution in [2.45, 2.75) is 12.8 Å². The Kier molecular flexibility index (Phi) is 3.58.